The highest BCUT2D eigenvalue weighted by atomic mass is 35.5. The number of hydrogen-bond acceptors (Lipinski definition) is 3. The van der Waals surface area contributed by atoms with E-state index < -0.39 is 0 Å². The molecule has 0 atom stereocenters. The van der Waals surface area contributed by atoms with E-state index in [0.717, 1.165) is 18.4 Å². The highest BCUT2D eigenvalue weighted by Crippen LogP contribution is 2.37. The van der Waals surface area contributed by atoms with Gasteiger partial charge in [0.1, 0.15) is 11.5 Å². The molecule has 2 aromatic rings. The van der Waals surface area contributed by atoms with E-state index in [1.54, 1.807) is 11.0 Å². The molecule has 1 aliphatic rings. The summed E-state index contributed by atoms with van der Waals surface area (Å²) in [6, 6.07) is 8.69. The van der Waals surface area contributed by atoms with Crippen LogP contribution in [0.4, 0.5) is 0 Å². The minimum absolute atomic E-state index is 0.199. The third-order valence-corrected chi connectivity index (χ3v) is 4.30. The Morgan fingerprint density at radius 3 is 2.78 bits per heavy atom. The smallest absolute Gasteiger partial charge is 0.273 e. The first-order valence-corrected chi connectivity index (χ1v) is 8.10. The fourth-order valence-electron chi connectivity index (χ4n) is 2.46. The molecular formula is C17H18ClN3O2. The molecule has 5 nitrogen and oxygen atoms in total. The zero-order chi connectivity index (χ0) is 16.4. The summed E-state index contributed by atoms with van der Waals surface area (Å²) in [5, 5.41) is 0.622. The van der Waals surface area contributed by atoms with Crippen molar-refractivity contribution >= 4 is 17.5 Å². The van der Waals surface area contributed by atoms with Crippen LogP contribution < -0.4 is 5.56 Å². The van der Waals surface area contributed by atoms with Gasteiger partial charge in [0.05, 0.1) is 0 Å². The average molecular weight is 332 g/mol. The van der Waals surface area contributed by atoms with Gasteiger partial charge < -0.3 is 9.88 Å². The maximum atomic E-state index is 12.7. The van der Waals surface area contributed by atoms with Crippen LogP contribution in [0.2, 0.25) is 5.02 Å². The molecule has 1 fully saturated rings. The van der Waals surface area contributed by atoms with Crippen molar-refractivity contribution in [2.45, 2.75) is 32.2 Å². The van der Waals surface area contributed by atoms with Gasteiger partial charge in [-0.15, -0.1) is 0 Å². The number of amides is 1. The monoisotopic (exact) mass is 331 g/mol. The molecule has 1 saturated carbocycles. The van der Waals surface area contributed by atoms with Crippen LogP contribution in [0, 0.1) is 0 Å². The average Bonchev–Trinajstić information content (AvgIpc) is 3.38. The van der Waals surface area contributed by atoms with E-state index in [2.05, 4.69) is 9.97 Å². The second kappa shape index (κ2) is 6.54. The Labute approximate surface area is 139 Å². The molecule has 1 amide bonds. The number of aromatic amines is 1. The van der Waals surface area contributed by atoms with Gasteiger partial charge in [-0.05, 0) is 31.4 Å². The topological polar surface area (TPSA) is 66.1 Å². The molecule has 0 radical (unpaired) electrons. The largest absolute Gasteiger partial charge is 0.333 e. The fraction of sp³-hybridized carbons (Fsp3) is 0.353. The summed E-state index contributed by atoms with van der Waals surface area (Å²) in [7, 11) is 0. The van der Waals surface area contributed by atoms with E-state index in [0.29, 0.717) is 23.9 Å². The van der Waals surface area contributed by atoms with Crippen LogP contribution in [0.15, 0.2) is 35.1 Å². The Balaban J connectivity index is 1.85. The van der Waals surface area contributed by atoms with Crippen molar-refractivity contribution in [3.63, 3.8) is 0 Å². The summed E-state index contributed by atoms with van der Waals surface area (Å²) in [5.41, 5.74) is 0.792. The van der Waals surface area contributed by atoms with Crippen LogP contribution in [0.3, 0.4) is 0 Å². The van der Waals surface area contributed by atoms with Crippen LogP contribution >= 0.6 is 11.6 Å². The van der Waals surface area contributed by atoms with Crippen molar-refractivity contribution in [1.82, 2.24) is 14.9 Å². The number of carbonyl (C=O) groups is 1. The van der Waals surface area contributed by atoms with Gasteiger partial charge in [-0.1, -0.05) is 29.8 Å². The minimum atomic E-state index is -0.279. The molecule has 1 heterocycles. The molecule has 1 aliphatic carbocycles. The molecular weight excluding hydrogens is 314 g/mol. The second-order valence-electron chi connectivity index (χ2n) is 5.70. The molecule has 0 unspecified atom stereocenters. The lowest BCUT2D eigenvalue weighted by Crippen LogP contribution is -2.32. The lowest BCUT2D eigenvalue weighted by atomic mass is 10.2. The summed E-state index contributed by atoms with van der Waals surface area (Å²) in [5.74, 6) is 0.657. The van der Waals surface area contributed by atoms with Crippen LogP contribution in [-0.4, -0.2) is 27.3 Å². The summed E-state index contributed by atoms with van der Waals surface area (Å²) in [6.45, 7) is 2.79. The summed E-state index contributed by atoms with van der Waals surface area (Å²) in [6.07, 6.45) is 2.02. The van der Waals surface area contributed by atoms with Crippen LogP contribution in [-0.2, 0) is 6.54 Å². The SMILES string of the molecule is CCN(Cc1ccccc1Cl)C(=O)c1cc(=O)[nH]c(C2CC2)n1. The van der Waals surface area contributed by atoms with Crippen molar-refractivity contribution in [3.8, 4) is 0 Å². The molecule has 23 heavy (non-hydrogen) atoms. The Kier molecular flexibility index (Phi) is 4.48. The molecule has 120 valence electrons. The van der Waals surface area contributed by atoms with Crippen LogP contribution in [0.25, 0.3) is 0 Å². The molecule has 0 aliphatic heterocycles. The molecule has 0 spiro atoms. The number of carbonyl (C=O) groups excluding carboxylic acids is 1. The number of H-pyrrole nitrogens is 1. The first-order valence-electron chi connectivity index (χ1n) is 7.72. The molecule has 0 saturated heterocycles. The van der Waals surface area contributed by atoms with E-state index in [1.807, 2.05) is 25.1 Å². The molecule has 6 heteroatoms. The van der Waals surface area contributed by atoms with Gasteiger partial charge in [0.2, 0.25) is 0 Å². The highest BCUT2D eigenvalue weighted by Gasteiger charge is 2.28. The Morgan fingerprint density at radius 1 is 1.39 bits per heavy atom. The van der Waals surface area contributed by atoms with E-state index in [4.69, 9.17) is 11.6 Å². The zero-order valence-electron chi connectivity index (χ0n) is 12.9. The van der Waals surface area contributed by atoms with Crippen molar-refractivity contribution in [3.05, 3.63) is 62.8 Å². The molecule has 3 rings (SSSR count). The minimum Gasteiger partial charge on any atom is -0.333 e. The van der Waals surface area contributed by atoms with Gasteiger partial charge in [-0.2, -0.15) is 0 Å². The number of hydrogen-bond donors (Lipinski definition) is 1. The van der Waals surface area contributed by atoms with Crippen molar-refractivity contribution in [1.29, 1.82) is 0 Å². The lowest BCUT2D eigenvalue weighted by molar-refractivity contribution is 0.0746. The van der Waals surface area contributed by atoms with Gasteiger partial charge >= 0.3 is 0 Å². The molecule has 1 aromatic heterocycles. The van der Waals surface area contributed by atoms with Crippen LogP contribution in [0.1, 0.15) is 47.6 Å². The van der Waals surface area contributed by atoms with Crippen molar-refractivity contribution < 1.29 is 4.79 Å². The van der Waals surface area contributed by atoms with Gasteiger partial charge in [0.15, 0.2) is 0 Å². The first-order chi connectivity index (χ1) is 11.1. The Morgan fingerprint density at radius 2 is 2.13 bits per heavy atom. The second-order valence-corrected chi connectivity index (χ2v) is 6.11. The van der Waals surface area contributed by atoms with Gasteiger partial charge in [-0.3, -0.25) is 9.59 Å². The van der Waals surface area contributed by atoms with E-state index in [-0.39, 0.29) is 23.1 Å². The predicted octanol–water partition coefficient (Wildman–Crippen LogP) is 2.96. The summed E-state index contributed by atoms with van der Waals surface area (Å²) >= 11 is 6.17. The van der Waals surface area contributed by atoms with Gasteiger partial charge in [0.25, 0.3) is 11.5 Å². The van der Waals surface area contributed by atoms with Crippen molar-refractivity contribution in [2.24, 2.45) is 0 Å². The number of halogens is 1. The Bertz CT molecular complexity index is 783. The normalized spacial score (nSPS) is 13.8. The lowest BCUT2D eigenvalue weighted by Gasteiger charge is -2.21. The molecule has 0 bridgehead atoms. The number of benzene rings is 1. The maximum absolute atomic E-state index is 12.7. The summed E-state index contributed by atoms with van der Waals surface area (Å²) in [4.78, 5) is 33.2. The number of rotatable bonds is 5. The van der Waals surface area contributed by atoms with Gasteiger partial charge in [0, 0.05) is 30.1 Å². The number of aromatic nitrogens is 2. The number of nitrogens with zero attached hydrogens (tertiary/aromatic N) is 2. The maximum Gasteiger partial charge on any atom is 0.273 e. The molecule has 1 aromatic carbocycles. The zero-order valence-corrected chi connectivity index (χ0v) is 13.6. The molecule has 1 N–H and O–H groups in total. The van der Waals surface area contributed by atoms with E-state index in [9.17, 15) is 9.59 Å². The number of nitrogens with one attached hydrogen (secondary N) is 1. The third-order valence-electron chi connectivity index (χ3n) is 3.93. The predicted molar refractivity (Wildman–Crippen MR) is 88.7 cm³/mol. The van der Waals surface area contributed by atoms with Crippen LogP contribution in [0.5, 0.6) is 0 Å². The van der Waals surface area contributed by atoms with Gasteiger partial charge in [-0.25, -0.2) is 4.98 Å². The van der Waals surface area contributed by atoms with E-state index >= 15 is 0 Å². The standard InChI is InChI=1S/C17H18ClN3O2/c1-2-21(10-12-5-3-4-6-13(12)18)17(23)14-9-15(22)20-16(19-14)11-7-8-11/h3-6,9,11H,2,7-8,10H2,1H3,(H,19,20,22). The van der Waals surface area contributed by atoms with E-state index in [1.165, 1.54) is 6.07 Å². The first kappa shape index (κ1) is 15.7. The highest BCUT2D eigenvalue weighted by molar-refractivity contribution is 6.31. The quantitative estimate of drug-likeness (QED) is 0.916. The van der Waals surface area contributed by atoms with Crippen molar-refractivity contribution in [2.75, 3.05) is 6.54 Å². The fourth-order valence-corrected chi connectivity index (χ4v) is 2.65. The Hall–Kier alpha value is -2.14. The third kappa shape index (κ3) is 3.62. The summed E-state index contributed by atoms with van der Waals surface area (Å²) < 4.78 is 0.